The molecule has 5 nitrogen and oxygen atoms in total. The van der Waals surface area contributed by atoms with Gasteiger partial charge in [-0.05, 0) is 73.6 Å². The molecule has 4 aromatic rings. The van der Waals surface area contributed by atoms with E-state index in [4.69, 9.17) is 10.1 Å². The zero-order chi connectivity index (χ0) is 21.9. The van der Waals surface area contributed by atoms with Crippen LogP contribution in [0.1, 0.15) is 18.0 Å². The number of benzene rings is 2. The largest absolute Gasteiger partial charge is 0.301 e. The van der Waals surface area contributed by atoms with E-state index in [1.165, 1.54) is 24.3 Å². The topological polar surface area (TPSA) is 46.8 Å². The smallest absolute Gasteiger partial charge is 0.181 e. The van der Waals surface area contributed by atoms with Crippen LogP contribution in [-0.2, 0) is 6.54 Å². The third kappa shape index (κ3) is 4.43. The maximum absolute atomic E-state index is 13.4. The Hall–Kier alpha value is -3.45. The number of likely N-dealkylation sites (tertiary alicyclic amines) is 1. The molecular formula is C25H23F2N5. The van der Waals surface area contributed by atoms with Crippen LogP contribution in [0.4, 0.5) is 8.78 Å². The lowest BCUT2D eigenvalue weighted by Crippen LogP contribution is -2.25. The van der Waals surface area contributed by atoms with Crippen LogP contribution in [0.3, 0.4) is 0 Å². The summed E-state index contributed by atoms with van der Waals surface area (Å²) < 4.78 is 28.7. The zero-order valence-corrected chi connectivity index (χ0v) is 17.5. The van der Waals surface area contributed by atoms with Crippen LogP contribution >= 0.6 is 0 Å². The van der Waals surface area contributed by atoms with Crippen LogP contribution in [0.5, 0.6) is 0 Å². The Morgan fingerprint density at radius 2 is 1.56 bits per heavy atom. The van der Waals surface area contributed by atoms with Gasteiger partial charge in [-0.2, -0.15) is 5.10 Å². The van der Waals surface area contributed by atoms with Crippen molar-refractivity contribution in [3.8, 4) is 22.8 Å². The Bertz CT molecular complexity index is 1170. The van der Waals surface area contributed by atoms with Gasteiger partial charge in [0.2, 0.25) is 0 Å². The number of hydrogen-bond donors (Lipinski definition) is 0. The van der Waals surface area contributed by atoms with Crippen molar-refractivity contribution in [2.24, 2.45) is 0 Å². The molecule has 1 aliphatic rings. The summed E-state index contributed by atoms with van der Waals surface area (Å²) in [4.78, 5) is 11.6. The lowest BCUT2D eigenvalue weighted by Gasteiger charge is -2.16. The highest BCUT2D eigenvalue weighted by atomic mass is 19.1. The Morgan fingerprint density at radius 3 is 2.25 bits per heavy atom. The van der Waals surface area contributed by atoms with E-state index in [1.54, 1.807) is 24.3 Å². The van der Waals surface area contributed by atoms with Gasteiger partial charge in [0, 0.05) is 42.0 Å². The van der Waals surface area contributed by atoms with Gasteiger partial charge in [-0.15, -0.1) is 0 Å². The van der Waals surface area contributed by atoms with Gasteiger partial charge in [0.25, 0.3) is 0 Å². The van der Waals surface area contributed by atoms with Gasteiger partial charge >= 0.3 is 0 Å². The highest BCUT2D eigenvalue weighted by Crippen LogP contribution is 2.26. The minimum atomic E-state index is -0.302. The van der Waals surface area contributed by atoms with E-state index in [2.05, 4.69) is 16.0 Å². The van der Waals surface area contributed by atoms with Gasteiger partial charge in [-0.25, -0.2) is 18.4 Å². The highest BCUT2D eigenvalue weighted by molar-refractivity contribution is 5.61. The van der Waals surface area contributed by atoms with Crippen LogP contribution in [-0.4, -0.2) is 44.3 Å². The number of aromatic nitrogens is 4. The van der Waals surface area contributed by atoms with Crippen molar-refractivity contribution in [1.82, 2.24) is 24.6 Å². The van der Waals surface area contributed by atoms with Crippen LogP contribution in [0, 0.1) is 11.6 Å². The molecule has 1 fully saturated rings. The van der Waals surface area contributed by atoms with E-state index >= 15 is 0 Å². The second kappa shape index (κ2) is 8.96. The zero-order valence-electron chi connectivity index (χ0n) is 17.5. The van der Waals surface area contributed by atoms with Crippen molar-refractivity contribution in [2.75, 3.05) is 19.6 Å². The Morgan fingerprint density at radius 1 is 0.844 bits per heavy atom. The first-order valence-corrected chi connectivity index (χ1v) is 10.8. The summed E-state index contributed by atoms with van der Waals surface area (Å²) in [7, 11) is 0. The average Bonchev–Trinajstić information content (AvgIpc) is 3.47. The van der Waals surface area contributed by atoms with E-state index in [9.17, 15) is 8.78 Å². The Kier molecular flexibility index (Phi) is 5.73. The quantitative estimate of drug-likeness (QED) is 0.441. The average molecular weight is 431 g/mol. The van der Waals surface area contributed by atoms with Gasteiger partial charge in [0.05, 0.1) is 6.54 Å². The molecule has 1 aliphatic heterocycles. The van der Waals surface area contributed by atoms with E-state index < -0.39 is 0 Å². The monoisotopic (exact) mass is 431 g/mol. The fourth-order valence-corrected chi connectivity index (χ4v) is 4.16. The molecule has 0 aliphatic carbocycles. The number of pyridine rings is 1. The fraction of sp³-hybridized carbons (Fsp3) is 0.240. The minimum absolute atomic E-state index is 0.295. The van der Waals surface area contributed by atoms with Crippen molar-refractivity contribution >= 4 is 0 Å². The number of nitrogens with zero attached hydrogens (tertiary/aromatic N) is 5. The van der Waals surface area contributed by atoms with Crippen molar-refractivity contribution in [2.45, 2.75) is 18.9 Å². The SMILES string of the molecule is Fc1ccc(-c2nc(-c3ccc(F)cc3)n(CCN3CCC(c4ccccn4)C3)n2)cc1. The van der Waals surface area contributed by atoms with E-state index in [0.717, 1.165) is 42.9 Å². The van der Waals surface area contributed by atoms with Crippen LogP contribution in [0.25, 0.3) is 22.8 Å². The van der Waals surface area contributed by atoms with E-state index in [1.807, 2.05) is 23.0 Å². The molecule has 162 valence electrons. The summed E-state index contributed by atoms with van der Waals surface area (Å²) >= 11 is 0. The minimum Gasteiger partial charge on any atom is -0.301 e. The number of halogens is 2. The molecule has 32 heavy (non-hydrogen) atoms. The van der Waals surface area contributed by atoms with Crippen LogP contribution in [0.15, 0.2) is 72.9 Å². The fourth-order valence-electron chi connectivity index (χ4n) is 4.16. The molecule has 7 heteroatoms. The van der Waals surface area contributed by atoms with E-state index in [-0.39, 0.29) is 11.6 Å². The van der Waals surface area contributed by atoms with Crippen LogP contribution < -0.4 is 0 Å². The Labute approximate surface area is 185 Å². The summed E-state index contributed by atoms with van der Waals surface area (Å²) in [6.45, 7) is 3.44. The highest BCUT2D eigenvalue weighted by Gasteiger charge is 2.25. The molecule has 1 unspecified atom stereocenters. The standard InChI is InChI=1S/C25H23F2N5/c26-21-8-4-18(5-9-21)24-29-25(19-6-10-22(27)11-7-19)32(30-24)16-15-31-14-12-20(17-31)23-3-1-2-13-28-23/h1-11,13,20H,12,14-17H2. The van der Waals surface area contributed by atoms with Crippen LogP contribution in [0.2, 0.25) is 0 Å². The molecule has 2 aromatic carbocycles. The molecule has 5 rings (SSSR count). The van der Waals surface area contributed by atoms with E-state index in [0.29, 0.717) is 24.1 Å². The molecule has 0 N–H and O–H groups in total. The summed E-state index contributed by atoms with van der Waals surface area (Å²) in [5.41, 5.74) is 2.67. The molecule has 3 heterocycles. The normalized spacial score (nSPS) is 16.5. The summed E-state index contributed by atoms with van der Waals surface area (Å²) in [5, 5.41) is 4.70. The summed E-state index contributed by atoms with van der Waals surface area (Å²) in [6, 6.07) is 18.5. The number of rotatable bonds is 6. The second-order valence-electron chi connectivity index (χ2n) is 8.04. The molecular weight excluding hydrogens is 408 g/mol. The first-order valence-electron chi connectivity index (χ1n) is 10.8. The van der Waals surface area contributed by atoms with Gasteiger partial charge in [0.1, 0.15) is 11.6 Å². The molecule has 0 saturated carbocycles. The van der Waals surface area contributed by atoms with Crippen molar-refractivity contribution in [1.29, 1.82) is 0 Å². The molecule has 2 aromatic heterocycles. The van der Waals surface area contributed by atoms with Crippen molar-refractivity contribution in [3.05, 3.63) is 90.3 Å². The maximum atomic E-state index is 13.4. The van der Waals surface area contributed by atoms with Gasteiger partial charge in [-0.1, -0.05) is 6.07 Å². The molecule has 1 atom stereocenters. The lowest BCUT2D eigenvalue weighted by atomic mass is 10.0. The second-order valence-corrected chi connectivity index (χ2v) is 8.04. The Balaban J connectivity index is 1.36. The number of hydrogen-bond acceptors (Lipinski definition) is 4. The van der Waals surface area contributed by atoms with Gasteiger partial charge in [0.15, 0.2) is 11.6 Å². The predicted molar refractivity (Wildman–Crippen MR) is 119 cm³/mol. The molecule has 1 saturated heterocycles. The molecule has 0 amide bonds. The van der Waals surface area contributed by atoms with Gasteiger partial charge < -0.3 is 4.90 Å². The van der Waals surface area contributed by atoms with Crippen molar-refractivity contribution < 1.29 is 8.78 Å². The first kappa shape index (κ1) is 20.5. The summed E-state index contributed by atoms with van der Waals surface area (Å²) in [5.74, 6) is 1.04. The molecule has 0 spiro atoms. The third-order valence-corrected chi connectivity index (χ3v) is 5.88. The summed E-state index contributed by atoms with van der Waals surface area (Å²) in [6.07, 6.45) is 2.93. The molecule has 0 radical (unpaired) electrons. The maximum Gasteiger partial charge on any atom is 0.181 e. The molecule has 0 bridgehead atoms. The predicted octanol–water partition coefficient (Wildman–Crippen LogP) is 4.77. The van der Waals surface area contributed by atoms with Crippen molar-refractivity contribution in [3.63, 3.8) is 0 Å². The lowest BCUT2D eigenvalue weighted by molar-refractivity contribution is 0.312. The third-order valence-electron chi connectivity index (χ3n) is 5.88. The first-order chi connectivity index (χ1) is 15.7. The van der Waals surface area contributed by atoms with Gasteiger partial charge in [-0.3, -0.25) is 4.98 Å².